The van der Waals surface area contributed by atoms with Crippen LogP contribution >= 0.6 is 22.7 Å². The van der Waals surface area contributed by atoms with Crippen molar-refractivity contribution in [3.8, 4) is 0 Å². The molecule has 15 aromatic rings. The van der Waals surface area contributed by atoms with Gasteiger partial charge in [0, 0.05) is 96.8 Å². The lowest BCUT2D eigenvalue weighted by Gasteiger charge is -2.21. The second-order valence-electron chi connectivity index (χ2n) is 30.8. The lowest BCUT2D eigenvalue weighted by molar-refractivity contribution is 0.566. The average molecular weight is 1270 g/mol. The van der Waals surface area contributed by atoms with Gasteiger partial charge in [0.25, 0.3) is 0 Å². The van der Waals surface area contributed by atoms with E-state index in [1.165, 1.54) is 91.3 Å². The van der Waals surface area contributed by atoms with Crippen molar-refractivity contribution in [2.45, 2.75) is 186 Å². The number of pyridine rings is 4. The van der Waals surface area contributed by atoms with Gasteiger partial charge in [-0.25, -0.2) is 19.9 Å². The molecule has 0 unspecified atom stereocenters. The van der Waals surface area contributed by atoms with Gasteiger partial charge in [0.2, 0.25) is 17.1 Å². The van der Waals surface area contributed by atoms with Gasteiger partial charge in [-0.15, -0.1) is 22.7 Å². The van der Waals surface area contributed by atoms with Crippen LogP contribution < -0.4 is 0 Å². The van der Waals surface area contributed by atoms with E-state index in [0.717, 1.165) is 88.1 Å². The molecule has 7 nitrogen and oxygen atoms in total. The number of hydrogen-bond donors (Lipinski definition) is 0. The molecule has 0 saturated carbocycles. The lowest BCUT2D eigenvalue weighted by atomic mass is 9.83. The van der Waals surface area contributed by atoms with Gasteiger partial charge in [-0.3, -0.25) is 0 Å². The number of thiophene rings is 2. The molecule has 0 aliphatic rings. The van der Waals surface area contributed by atoms with Gasteiger partial charge in [-0.1, -0.05) is 146 Å². The molecule has 0 aliphatic carbocycles. The van der Waals surface area contributed by atoms with Gasteiger partial charge in [0.15, 0.2) is 0 Å². The molecule has 9 heterocycles. The van der Waals surface area contributed by atoms with E-state index in [1.807, 2.05) is 62.6 Å². The first kappa shape index (κ1) is 66.2. The Labute approximate surface area is 557 Å². The van der Waals surface area contributed by atoms with Crippen molar-refractivity contribution >= 4 is 129 Å². The highest BCUT2D eigenvalue weighted by molar-refractivity contribution is 7.26. The Balaban J connectivity index is 0.000000119. The third-order valence-electron chi connectivity index (χ3n) is 17.9. The van der Waals surface area contributed by atoms with E-state index in [4.69, 9.17) is 13.3 Å². The summed E-state index contributed by atoms with van der Waals surface area (Å²) < 4.78 is 22.0. The lowest BCUT2D eigenvalue weighted by Crippen LogP contribution is -2.13. The quantitative estimate of drug-likeness (QED) is 0.149. The number of hydrogen-bond acceptors (Lipinski definition) is 9. The summed E-state index contributed by atoms with van der Waals surface area (Å²) in [7, 11) is 0. The van der Waals surface area contributed by atoms with Crippen LogP contribution in [0.3, 0.4) is 0 Å². The molecule has 0 spiro atoms. The maximum absolute atomic E-state index is 6.06. The van der Waals surface area contributed by atoms with E-state index in [0.29, 0.717) is 0 Å². The average Bonchev–Trinajstić information content (AvgIpc) is 1.67. The Kier molecular flexibility index (Phi) is 17.5. The van der Waals surface area contributed by atoms with E-state index < -0.39 is 0 Å². The van der Waals surface area contributed by atoms with E-state index in [2.05, 4.69) is 268 Å². The van der Waals surface area contributed by atoms with Crippen LogP contribution in [0.4, 0.5) is 0 Å². The number of benzene rings is 6. The predicted molar refractivity (Wildman–Crippen MR) is 402 cm³/mol. The summed E-state index contributed by atoms with van der Waals surface area (Å²) in [5.74, 6) is 0. The Morgan fingerprint density at radius 3 is 1.35 bits per heavy atom. The number of fused-ring (bicyclic) bond motifs is 15. The molecule has 93 heavy (non-hydrogen) atoms. The van der Waals surface area contributed by atoms with Gasteiger partial charge in [-0.2, -0.15) is 0 Å². The van der Waals surface area contributed by atoms with Gasteiger partial charge >= 0.3 is 0 Å². The fourth-order valence-electron chi connectivity index (χ4n) is 13.6. The Morgan fingerprint density at radius 1 is 0.323 bits per heavy atom. The highest BCUT2D eigenvalue weighted by Crippen LogP contribution is 2.43. The zero-order valence-electron chi connectivity index (χ0n) is 59.1. The molecule has 0 atom stereocenters. The van der Waals surface area contributed by atoms with Crippen molar-refractivity contribution in [2.75, 3.05) is 0 Å². The van der Waals surface area contributed by atoms with E-state index in [9.17, 15) is 0 Å². The molecule has 15 rings (SSSR count). The largest absolute Gasteiger partial charge is 0.438 e. The Bertz CT molecular complexity index is 5320. The van der Waals surface area contributed by atoms with Crippen molar-refractivity contribution in [1.29, 1.82) is 0 Å². The zero-order chi connectivity index (χ0) is 67.2. The molecule has 0 aliphatic heterocycles. The van der Waals surface area contributed by atoms with Crippen LogP contribution in [0.2, 0.25) is 0 Å². The van der Waals surface area contributed by atoms with Crippen molar-refractivity contribution in [3.05, 3.63) is 212 Å². The first-order chi connectivity index (χ1) is 43.5. The molecule has 478 valence electrons. The molecule has 0 amide bonds. The Morgan fingerprint density at radius 2 is 0.785 bits per heavy atom. The predicted octanol–water partition coefficient (Wildman–Crippen LogP) is 25.4. The van der Waals surface area contributed by atoms with Crippen LogP contribution in [-0.2, 0) is 27.1 Å². The summed E-state index contributed by atoms with van der Waals surface area (Å²) in [4.78, 5) is 19.0. The molecule has 0 fully saturated rings. The maximum atomic E-state index is 6.06. The molecule has 0 radical (unpaired) electrons. The zero-order valence-corrected chi connectivity index (χ0v) is 60.7. The highest BCUT2D eigenvalue weighted by Gasteiger charge is 2.26. The summed E-state index contributed by atoms with van der Waals surface area (Å²) in [5, 5.41) is 12.2. The first-order valence-electron chi connectivity index (χ1n) is 32.7. The minimum absolute atomic E-state index is 0.0620. The third-order valence-corrected chi connectivity index (χ3v) is 20.3. The summed E-state index contributed by atoms with van der Waals surface area (Å²) >= 11 is 3.70. The number of rotatable bonds is 0. The van der Waals surface area contributed by atoms with Gasteiger partial charge in [0.05, 0.1) is 0 Å². The summed E-state index contributed by atoms with van der Waals surface area (Å²) in [6.45, 7) is 50.6. The van der Waals surface area contributed by atoms with Crippen LogP contribution in [-0.4, -0.2) is 19.9 Å². The molecule has 0 N–H and O–H groups in total. The smallest absolute Gasteiger partial charge is 0.227 e. The van der Waals surface area contributed by atoms with E-state index in [1.54, 1.807) is 11.3 Å². The minimum atomic E-state index is 0.0620. The summed E-state index contributed by atoms with van der Waals surface area (Å²) in [6.07, 6.45) is 1.87. The number of aryl methyl sites for hydroxylation is 8. The third kappa shape index (κ3) is 13.4. The fourth-order valence-corrected chi connectivity index (χ4v) is 15.9. The number of aromatic nitrogens is 4. The Hall–Kier alpha value is -8.24. The van der Waals surface area contributed by atoms with E-state index in [-0.39, 0.29) is 27.1 Å². The fraction of sp³-hybridized carbons (Fsp3) is 0.333. The molecular formula is C84H92N4O3S2. The van der Waals surface area contributed by atoms with Gasteiger partial charge < -0.3 is 13.3 Å². The second kappa shape index (κ2) is 24.6. The monoisotopic (exact) mass is 1270 g/mol. The number of nitrogens with zero attached hydrogens (tertiary/aromatic N) is 4. The van der Waals surface area contributed by atoms with Crippen molar-refractivity contribution < 1.29 is 13.3 Å². The molecule has 9 heteroatoms. The maximum Gasteiger partial charge on any atom is 0.227 e. The standard InChI is InChI=1S/3C17H19NO.C17H18S.C16H17NS/c1-10-6-8-12-13-9-7-11(2)18-16(13)19-15(12)14(10)17(3,4)5;1-10-8-15-13(9-14(10)17(3,4)5)12-7-6-11(2)18-16(12)19-15;1-10-8-13-12-7-6-11(2)18-16(12)19-15(13)9-14(10)17(3,4)5;1-11-14(17(2,3)4)10-9-13-12-7-5-6-8-15(12)18-16(11)13;1-10-8-14-12(9-13(10)16(2,3)4)11-6-5-7-17-15(11)18-14/h3*6-9H,1-5H3;5-10H,1-4H3;5-9H,1-4H3. The van der Waals surface area contributed by atoms with Crippen LogP contribution in [0, 0.1) is 55.4 Å². The van der Waals surface area contributed by atoms with Crippen molar-refractivity contribution in [3.63, 3.8) is 0 Å². The van der Waals surface area contributed by atoms with Crippen LogP contribution in [0.15, 0.2) is 153 Å². The molecule has 0 bridgehead atoms. The summed E-state index contributed by atoms with van der Waals surface area (Å²) in [6, 6.07) is 47.6. The molecule has 9 aromatic heterocycles. The number of furan rings is 3. The summed E-state index contributed by atoms with van der Waals surface area (Å²) in [5.41, 5.74) is 22.3. The highest BCUT2D eigenvalue weighted by atomic mass is 32.1. The second-order valence-corrected chi connectivity index (χ2v) is 32.9. The van der Waals surface area contributed by atoms with Crippen LogP contribution in [0.5, 0.6) is 0 Å². The molecule has 6 aromatic carbocycles. The molecule has 0 saturated heterocycles. The SMILES string of the molecule is Cc1c(C(C)(C)C)ccc2c1sc1ccccc12.Cc1cc2sc3ncccc3c2cc1C(C)(C)C.Cc1ccc2c(n1)oc1c(C(C)(C)C)c(C)ccc12.Cc1ccc2c(n1)oc1cc(C(C)(C)C)c(C)cc12.Cc1ccc2c(n1)oc1cc(C)c(C(C)(C)C)cc12. The minimum Gasteiger partial charge on any atom is -0.438 e. The van der Waals surface area contributed by atoms with Crippen molar-refractivity contribution in [2.24, 2.45) is 0 Å². The van der Waals surface area contributed by atoms with Crippen LogP contribution in [0.1, 0.15) is 177 Å². The van der Waals surface area contributed by atoms with Crippen LogP contribution in [0.25, 0.3) is 107 Å². The first-order valence-corrected chi connectivity index (χ1v) is 34.3. The topological polar surface area (TPSA) is 91.0 Å². The van der Waals surface area contributed by atoms with Crippen molar-refractivity contribution in [1.82, 2.24) is 19.9 Å². The van der Waals surface area contributed by atoms with Gasteiger partial charge in [-0.05, 0) is 224 Å². The normalized spacial score (nSPS) is 12.5. The van der Waals surface area contributed by atoms with E-state index >= 15 is 0 Å². The molecular weight excluding hydrogens is 1180 g/mol. The van der Waals surface area contributed by atoms with Gasteiger partial charge in [0.1, 0.15) is 21.6 Å².